The highest BCUT2D eigenvalue weighted by molar-refractivity contribution is 9.10. The van der Waals surface area contributed by atoms with Gasteiger partial charge in [-0.15, -0.1) is 0 Å². The first-order valence-corrected chi connectivity index (χ1v) is 8.02. The number of carbonyl (C=O) groups excluding carboxylic acids is 1. The summed E-state index contributed by atoms with van der Waals surface area (Å²) in [5.41, 5.74) is 0.430. The van der Waals surface area contributed by atoms with E-state index in [9.17, 15) is 9.59 Å². The number of carboxylic acids is 1. The number of hydrogen-bond donors (Lipinski definition) is 2. The molecule has 7 heteroatoms. The Morgan fingerprint density at radius 2 is 2.22 bits per heavy atom. The van der Waals surface area contributed by atoms with Gasteiger partial charge in [0, 0.05) is 16.6 Å². The second kappa shape index (κ2) is 6.33. The van der Waals surface area contributed by atoms with Crippen molar-refractivity contribution >= 4 is 33.9 Å². The van der Waals surface area contributed by atoms with E-state index in [0.29, 0.717) is 24.4 Å². The van der Waals surface area contributed by atoms with Gasteiger partial charge in [-0.3, -0.25) is 9.59 Å². The lowest BCUT2D eigenvalue weighted by Gasteiger charge is -2.28. The Balaban J connectivity index is 1.79. The van der Waals surface area contributed by atoms with Crippen LogP contribution in [-0.4, -0.2) is 42.3 Å². The number of hydrogen-bond acceptors (Lipinski definition) is 4. The first-order valence-electron chi connectivity index (χ1n) is 7.22. The van der Waals surface area contributed by atoms with Crippen molar-refractivity contribution in [3.05, 3.63) is 33.8 Å². The predicted molar refractivity (Wildman–Crippen MR) is 86.2 cm³/mol. The predicted octanol–water partition coefficient (Wildman–Crippen LogP) is 1.97. The van der Waals surface area contributed by atoms with Crippen LogP contribution in [0.2, 0.25) is 0 Å². The van der Waals surface area contributed by atoms with Crippen molar-refractivity contribution in [2.45, 2.75) is 18.4 Å². The van der Waals surface area contributed by atoms with Gasteiger partial charge < -0.3 is 19.9 Å². The number of ether oxygens (including phenoxy) is 2. The third-order valence-electron chi connectivity index (χ3n) is 3.95. The van der Waals surface area contributed by atoms with Crippen LogP contribution in [0.3, 0.4) is 0 Å². The Morgan fingerprint density at radius 1 is 1.39 bits per heavy atom. The Morgan fingerprint density at radius 3 is 2.91 bits per heavy atom. The lowest BCUT2D eigenvalue weighted by atomic mass is 9.93. The summed E-state index contributed by atoms with van der Waals surface area (Å²) in [5.74, 6) is -0.560. The summed E-state index contributed by atoms with van der Waals surface area (Å²) in [4.78, 5) is 23.6. The number of benzene rings is 1. The third-order valence-corrected chi connectivity index (χ3v) is 4.44. The van der Waals surface area contributed by atoms with Crippen molar-refractivity contribution in [1.29, 1.82) is 0 Å². The lowest BCUT2D eigenvalue weighted by Crippen LogP contribution is -2.51. The minimum Gasteiger partial charge on any atom is -0.488 e. The molecule has 0 aliphatic carbocycles. The average molecular weight is 382 g/mol. The molecule has 1 saturated heterocycles. The molecule has 1 amide bonds. The summed E-state index contributed by atoms with van der Waals surface area (Å²) >= 11 is 3.39. The van der Waals surface area contributed by atoms with Crippen molar-refractivity contribution in [2.75, 3.05) is 19.8 Å². The highest BCUT2D eigenvalue weighted by Crippen LogP contribution is 2.30. The van der Waals surface area contributed by atoms with Gasteiger partial charge in [-0.25, -0.2) is 0 Å². The van der Waals surface area contributed by atoms with E-state index in [1.807, 2.05) is 18.2 Å². The number of carbonyl (C=O) groups is 2. The number of carboxylic acid groups (broad SMARTS) is 1. The quantitative estimate of drug-likeness (QED) is 0.832. The van der Waals surface area contributed by atoms with E-state index in [1.54, 1.807) is 6.08 Å². The molecule has 0 spiro atoms. The maximum Gasteiger partial charge on any atom is 0.305 e. The van der Waals surface area contributed by atoms with Gasteiger partial charge in [0.15, 0.2) is 0 Å². The molecule has 0 aromatic heterocycles. The number of nitrogens with one attached hydrogen (secondary N) is 1. The van der Waals surface area contributed by atoms with E-state index in [4.69, 9.17) is 14.6 Å². The van der Waals surface area contributed by atoms with Crippen LogP contribution in [0, 0.1) is 0 Å². The number of fused-ring (bicyclic) bond motifs is 1. The van der Waals surface area contributed by atoms with Crippen molar-refractivity contribution in [3.8, 4) is 5.75 Å². The smallest absolute Gasteiger partial charge is 0.305 e. The summed E-state index contributed by atoms with van der Waals surface area (Å²) in [6.07, 6.45) is 2.10. The molecular weight excluding hydrogens is 366 g/mol. The largest absolute Gasteiger partial charge is 0.488 e. The van der Waals surface area contributed by atoms with Crippen LogP contribution in [-0.2, 0) is 14.3 Å². The fraction of sp³-hybridized carbons (Fsp3) is 0.375. The van der Waals surface area contributed by atoms with E-state index in [-0.39, 0.29) is 25.5 Å². The monoisotopic (exact) mass is 381 g/mol. The van der Waals surface area contributed by atoms with Gasteiger partial charge in [0.1, 0.15) is 12.4 Å². The van der Waals surface area contributed by atoms with Gasteiger partial charge in [0.25, 0.3) is 5.91 Å². The Labute approximate surface area is 141 Å². The molecule has 0 radical (unpaired) electrons. The maximum absolute atomic E-state index is 12.5. The number of halogens is 1. The summed E-state index contributed by atoms with van der Waals surface area (Å²) in [5, 5.41) is 11.9. The molecule has 1 aromatic carbocycles. The van der Waals surface area contributed by atoms with Gasteiger partial charge in [-0.05, 0) is 30.7 Å². The topological polar surface area (TPSA) is 84.9 Å². The second-order valence-electron chi connectivity index (χ2n) is 5.75. The van der Waals surface area contributed by atoms with Crippen LogP contribution >= 0.6 is 15.9 Å². The third kappa shape index (κ3) is 3.56. The van der Waals surface area contributed by atoms with Gasteiger partial charge >= 0.3 is 5.97 Å². The summed E-state index contributed by atoms with van der Waals surface area (Å²) in [6.45, 7) is 0.810. The normalized spacial score (nSPS) is 22.7. The first-order chi connectivity index (χ1) is 11.0. The molecule has 1 fully saturated rings. The van der Waals surface area contributed by atoms with Crippen LogP contribution in [0.1, 0.15) is 18.4 Å². The minimum atomic E-state index is -0.959. The molecule has 3 rings (SSSR count). The van der Waals surface area contributed by atoms with Crippen LogP contribution in [0.25, 0.3) is 6.08 Å². The van der Waals surface area contributed by atoms with Crippen molar-refractivity contribution < 1.29 is 24.2 Å². The molecule has 2 heterocycles. The molecular formula is C16H16BrNO5. The molecule has 0 saturated carbocycles. The van der Waals surface area contributed by atoms with Crippen molar-refractivity contribution in [3.63, 3.8) is 0 Å². The Hall–Kier alpha value is -1.86. The first kappa shape index (κ1) is 16.0. The van der Waals surface area contributed by atoms with Gasteiger partial charge in [-0.2, -0.15) is 0 Å². The van der Waals surface area contributed by atoms with Crippen molar-refractivity contribution in [2.24, 2.45) is 0 Å². The zero-order valence-corrected chi connectivity index (χ0v) is 13.9. The minimum absolute atomic E-state index is 0.157. The molecule has 2 aliphatic heterocycles. The highest BCUT2D eigenvalue weighted by Gasteiger charge is 2.39. The second-order valence-corrected chi connectivity index (χ2v) is 6.66. The Kier molecular flexibility index (Phi) is 4.41. The highest BCUT2D eigenvalue weighted by atomic mass is 79.9. The van der Waals surface area contributed by atoms with Crippen LogP contribution in [0.5, 0.6) is 5.75 Å². The van der Waals surface area contributed by atoms with E-state index in [1.165, 1.54) is 0 Å². The van der Waals surface area contributed by atoms with Crippen LogP contribution in [0.4, 0.5) is 0 Å². The zero-order valence-electron chi connectivity index (χ0n) is 12.3. The van der Waals surface area contributed by atoms with E-state index >= 15 is 0 Å². The van der Waals surface area contributed by atoms with Crippen LogP contribution < -0.4 is 10.1 Å². The van der Waals surface area contributed by atoms with Crippen molar-refractivity contribution in [1.82, 2.24) is 5.32 Å². The molecule has 2 N–H and O–H groups in total. The molecule has 122 valence electrons. The zero-order chi connectivity index (χ0) is 16.4. The number of aliphatic carboxylic acids is 1. The number of amides is 1. The molecule has 6 nitrogen and oxygen atoms in total. The average Bonchev–Trinajstić information content (AvgIpc) is 2.93. The maximum atomic E-state index is 12.5. The van der Waals surface area contributed by atoms with Gasteiger partial charge in [0.05, 0.1) is 24.1 Å². The van der Waals surface area contributed by atoms with Gasteiger partial charge in [0.2, 0.25) is 0 Å². The molecule has 1 atom stereocenters. The standard InChI is InChI=1S/C16H16BrNO5/c17-12-1-2-13-10(6-12)5-11(8-23-13)15(21)18-16(7-14(19)20)3-4-22-9-16/h1-2,5-6H,3-4,7-9H2,(H,18,21)(H,19,20). The lowest BCUT2D eigenvalue weighted by molar-refractivity contribution is -0.139. The van der Waals surface area contributed by atoms with Crippen LogP contribution in [0.15, 0.2) is 28.2 Å². The fourth-order valence-electron chi connectivity index (χ4n) is 2.78. The molecule has 1 aromatic rings. The SMILES string of the molecule is O=C(O)CC1(NC(=O)C2=Cc3cc(Br)ccc3OC2)CCOC1. The Bertz CT molecular complexity index is 679. The summed E-state index contributed by atoms with van der Waals surface area (Å²) in [6, 6.07) is 5.57. The molecule has 0 bridgehead atoms. The fourth-order valence-corrected chi connectivity index (χ4v) is 3.16. The van der Waals surface area contributed by atoms with E-state index in [0.717, 1.165) is 10.0 Å². The molecule has 2 aliphatic rings. The molecule has 1 unspecified atom stereocenters. The molecule has 23 heavy (non-hydrogen) atoms. The van der Waals surface area contributed by atoms with E-state index < -0.39 is 11.5 Å². The summed E-state index contributed by atoms with van der Waals surface area (Å²) in [7, 11) is 0. The number of rotatable bonds is 4. The van der Waals surface area contributed by atoms with E-state index in [2.05, 4.69) is 21.2 Å². The summed E-state index contributed by atoms with van der Waals surface area (Å²) < 4.78 is 11.8. The van der Waals surface area contributed by atoms with Gasteiger partial charge in [-0.1, -0.05) is 15.9 Å².